The topological polar surface area (TPSA) is 65.7 Å². The van der Waals surface area contributed by atoms with E-state index in [9.17, 15) is 9.59 Å². The van der Waals surface area contributed by atoms with E-state index >= 15 is 0 Å². The molecule has 0 aliphatic heterocycles. The predicted molar refractivity (Wildman–Crippen MR) is 58.6 cm³/mol. The first kappa shape index (κ1) is 9.92. The van der Waals surface area contributed by atoms with Crippen LogP contribution < -0.4 is 5.69 Å². The van der Waals surface area contributed by atoms with Crippen molar-refractivity contribution in [2.45, 2.75) is 13.8 Å². The van der Waals surface area contributed by atoms with Crippen molar-refractivity contribution in [1.82, 2.24) is 9.97 Å². The van der Waals surface area contributed by atoms with Crippen LogP contribution in [0.4, 0.5) is 0 Å². The lowest BCUT2D eigenvalue weighted by Gasteiger charge is -1.94. The van der Waals surface area contributed by atoms with Crippen LogP contribution in [-0.2, 0) is 0 Å². The number of aryl methyl sites for hydroxylation is 2. The molecule has 78 valence electrons. The van der Waals surface area contributed by atoms with Crippen molar-refractivity contribution >= 4 is 17.1 Å². The van der Waals surface area contributed by atoms with Gasteiger partial charge in [-0.25, -0.2) is 4.79 Å². The lowest BCUT2D eigenvalue weighted by atomic mass is 10.2. The Kier molecular flexibility index (Phi) is 2.32. The number of aromatic amines is 2. The average molecular weight is 222 g/mol. The summed E-state index contributed by atoms with van der Waals surface area (Å²) >= 11 is 1.38. The van der Waals surface area contributed by atoms with Gasteiger partial charge in [0.1, 0.15) is 5.69 Å². The lowest BCUT2D eigenvalue weighted by molar-refractivity contribution is 0.103. The van der Waals surface area contributed by atoms with E-state index < -0.39 is 0 Å². The van der Waals surface area contributed by atoms with Gasteiger partial charge in [-0.1, -0.05) is 0 Å². The molecule has 0 atom stereocenters. The maximum atomic E-state index is 11.9. The summed E-state index contributed by atoms with van der Waals surface area (Å²) in [6.07, 6.45) is 0. The van der Waals surface area contributed by atoms with E-state index in [-0.39, 0.29) is 11.5 Å². The van der Waals surface area contributed by atoms with Crippen molar-refractivity contribution in [2.75, 3.05) is 0 Å². The number of nitrogens with one attached hydrogen (secondary N) is 2. The maximum absolute atomic E-state index is 11.9. The molecule has 4 nitrogen and oxygen atoms in total. The number of rotatable bonds is 2. The number of H-pyrrole nitrogens is 2. The number of hydrogen-bond acceptors (Lipinski definition) is 3. The van der Waals surface area contributed by atoms with E-state index in [2.05, 4.69) is 9.97 Å². The van der Waals surface area contributed by atoms with Gasteiger partial charge in [0.25, 0.3) is 0 Å². The monoisotopic (exact) mass is 222 g/mol. The number of ketones is 1. The minimum Gasteiger partial charge on any atom is -0.310 e. The van der Waals surface area contributed by atoms with Crippen LogP contribution in [0.15, 0.2) is 16.2 Å². The van der Waals surface area contributed by atoms with Crippen LogP contribution in [0.1, 0.15) is 26.6 Å². The first-order valence-electron chi connectivity index (χ1n) is 4.46. The zero-order chi connectivity index (χ0) is 11.0. The van der Waals surface area contributed by atoms with Crippen LogP contribution in [0.2, 0.25) is 0 Å². The van der Waals surface area contributed by atoms with Crippen LogP contribution in [0.3, 0.4) is 0 Å². The molecule has 0 aliphatic carbocycles. The Hall–Kier alpha value is -1.62. The van der Waals surface area contributed by atoms with Gasteiger partial charge in [-0.05, 0) is 30.9 Å². The number of carbonyl (C=O) groups excluding carboxylic acids is 1. The molecule has 15 heavy (non-hydrogen) atoms. The van der Waals surface area contributed by atoms with Gasteiger partial charge < -0.3 is 9.97 Å². The van der Waals surface area contributed by atoms with E-state index in [0.717, 1.165) is 5.56 Å². The number of carbonyl (C=O) groups is 1. The predicted octanol–water partition coefficient (Wildman–Crippen LogP) is 1.61. The van der Waals surface area contributed by atoms with Gasteiger partial charge in [0, 0.05) is 5.69 Å². The molecule has 5 heteroatoms. The zero-order valence-corrected chi connectivity index (χ0v) is 9.20. The highest BCUT2D eigenvalue weighted by Crippen LogP contribution is 2.17. The third-order valence-corrected chi connectivity index (χ3v) is 3.14. The van der Waals surface area contributed by atoms with Crippen molar-refractivity contribution < 1.29 is 4.79 Å². The SMILES string of the molecule is Cc1csc(C(=O)c2[nH]c(=O)[nH]c2C)c1. The van der Waals surface area contributed by atoms with Crippen molar-refractivity contribution in [2.24, 2.45) is 0 Å². The van der Waals surface area contributed by atoms with Gasteiger partial charge in [0.15, 0.2) is 0 Å². The Morgan fingerprint density at radius 2 is 2.07 bits per heavy atom. The summed E-state index contributed by atoms with van der Waals surface area (Å²) in [6, 6.07) is 1.82. The fourth-order valence-electron chi connectivity index (χ4n) is 1.37. The standard InChI is InChI=1S/C10H10N2O2S/c1-5-3-7(15-4-5)9(13)8-6(2)11-10(14)12-8/h3-4H,1-2H3,(H2,11,12,14). The van der Waals surface area contributed by atoms with Gasteiger partial charge in [0.2, 0.25) is 5.78 Å². The largest absolute Gasteiger partial charge is 0.323 e. The van der Waals surface area contributed by atoms with E-state index in [1.165, 1.54) is 11.3 Å². The zero-order valence-electron chi connectivity index (χ0n) is 8.38. The Bertz CT molecular complexity index is 562. The summed E-state index contributed by atoms with van der Waals surface area (Å²) in [6.45, 7) is 3.63. The fourth-order valence-corrected chi connectivity index (χ4v) is 2.22. The van der Waals surface area contributed by atoms with Gasteiger partial charge in [-0.3, -0.25) is 4.79 Å². The number of imidazole rings is 1. The molecular weight excluding hydrogens is 212 g/mol. The summed E-state index contributed by atoms with van der Waals surface area (Å²) in [5.41, 5.74) is 1.64. The van der Waals surface area contributed by atoms with Gasteiger partial charge in [-0.2, -0.15) is 0 Å². The van der Waals surface area contributed by atoms with Gasteiger partial charge >= 0.3 is 5.69 Å². The van der Waals surface area contributed by atoms with Crippen LogP contribution >= 0.6 is 11.3 Å². The van der Waals surface area contributed by atoms with Crippen LogP contribution in [0.25, 0.3) is 0 Å². The molecule has 2 heterocycles. The van der Waals surface area contributed by atoms with Crippen LogP contribution in [-0.4, -0.2) is 15.8 Å². The molecule has 0 spiro atoms. The van der Waals surface area contributed by atoms with Gasteiger partial charge in [-0.15, -0.1) is 11.3 Å². The summed E-state index contributed by atoms with van der Waals surface area (Å²) in [4.78, 5) is 28.6. The first-order valence-corrected chi connectivity index (χ1v) is 5.34. The van der Waals surface area contributed by atoms with Crippen molar-refractivity contribution in [3.63, 3.8) is 0 Å². The average Bonchev–Trinajstić information content (AvgIpc) is 2.71. The van der Waals surface area contributed by atoms with E-state index in [1.54, 1.807) is 6.92 Å². The first-order chi connectivity index (χ1) is 7.08. The Labute approximate surface area is 90.0 Å². The maximum Gasteiger partial charge on any atom is 0.323 e. The molecule has 2 aromatic rings. The van der Waals surface area contributed by atoms with Gasteiger partial charge in [0.05, 0.1) is 4.88 Å². The molecule has 0 saturated carbocycles. The summed E-state index contributed by atoms with van der Waals surface area (Å²) in [7, 11) is 0. The molecule has 0 radical (unpaired) electrons. The number of thiophene rings is 1. The summed E-state index contributed by atoms with van der Waals surface area (Å²) < 4.78 is 0. The molecule has 0 aliphatic rings. The minimum atomic E-state index is -0.343. The second kappa shape index (κ2) is 3.51. The lowest BCUT2D eigenvalue weighted by Crippen LogP contribution is -2.05. The molecular formula is C10H10N2O2S. The Morgan fingerprint density at radius 3 is 2.53 bits per heavy atom. The molecule has 2 rings (SSSR count). The molecule has 0 bridgehead atoms. The molecule has 0 unspecified atom stereocenters. The van der Waals surface area contributed by atoms with Crippen molar-refractivity contribution in [3.8, 4) is 0 Å². The van der Waals surface area contributed by atoms with E-state index in [4.69, 9.17) is 0 Å². The van der Waals surface area contributed by atoms with Crippen LogP contribution in [0.5, 0.6) is 0 Å². The number of aromatic nitrogens is 2. The normalized spacial score (nSPS) is 10.5. The summed E-state index contributed by atoms with van der Waals surface area (Å²) in [5.74, 6) is -0.135. The highest BCUT2D eigenvalue weighted by Gasteiger charge is 2.15. The Morgan fingerprint density at radius 1 is 1.33 bits per heavy atom. The third kappa shape index (κ3) is 1.78. The highest BCUT2D eigenvalue weighted by atomic mass is 32.1. The van der Waals surface area contributed by atoms with Crippen LogP contribution in [0, 0.1) is 13.8 Å². The molecule has 0 amide bonds. The van der Waals surface area contributed by atoms with Crippen molar-refractivity contribution in [1.29, 1.82) is 0 Å². The molecule has 0 fully saturated rings. The molecule has 2 N–H and O–H groups in total. The molecule has 0 aromatic carbocycles. The molecule has 0 saturated heterocycles. The second-order valence-electron chi connectivity index (χ2n) is 3.40. The van der Waals surface area contributed by atoms with E-state index in [0.29, 0.717) is 16.3 Å². The highest BCUT2D eigenvalue weighted by molar-refractivity contribution is 7.12. The second-order valence-corrected chi connectivity index (χ2v) is 4.31. The minimum absolute atomic E-state index is 0.135. The summed E-state index contributed by atoms with van der Waals surface area (Å²) in [5, 5.41) is 1.91. The fraction of sp³-hybridized carbons (Fsp3) is 0.200. The van der Waals surface area contributed by atoms with Crippen molar-refractivity contribution in [3.05, 3.63) is 43.8 Å². The smallest absolute Gasteiger partial charge is 0.310 e. The third-order valence-electron chi connectivity index (χ3n) is 2.10. The van der Waals surface area contributed by atoms with E-state index in [1.807, 2.05) is 18.4 Å². The quantitative estimate of drug-likeness (QED) is 0.758. The Balaban J connectivity index is 2.44. The molecule has 2 aromatic heterocycles. The number of hydrogen-bond donors (Lipinski definition) is 2.